The summed E-state index contributed by atoms with van der Waals surface area (Å²) in [6, 6.07) is 0. The van der Waals surface area contributed by atoms with Crippen molar-refractivity contribution in [2.45, 2.75) is 123 Å². The summed E-state index contributed by atoms with van der Waals surface area (Å²) >= 11 is 0. The lowest BCUT2D eigenvalue weighted by Crippen LogP contribution is -2.34. The Morgan fingerprint density at radius 3 is 1.54 bits per heavy atom. The molecule has 0 aliphatic carbocycles. The summed E-state index contributed by atoms with van der Waals surface area (Å²) in [7, 11) is 0. The number of rotatable bonds is 18. The Labute approximate surface area is 151 Å². The van der Waals surface area contributed by atoms with Crippen molar-refractivity contribution < 1.29 is 9.90 Å². The van der Waals surface area contributed by atoms with Gasteiger partial charge in [0.05, 0.1) is 0 Å². The minimum absolute atomic E-state index is 0.202. The second-order valence-electron chi connectivity index (χ2n) is 7.19. The van der Waals surface area contributed by atoms with Crippen LogP contribution in [0.15, 0.2) is 0 Å². The van der Waals surface area contributed by atoms with E-state index in [1.165, 1.54) is 77.0 Å². The highest BCUT2D eigenvalue weighted by Crippen LogP contribution is 2.13. The zero-order valence-electron chi connectivity index (χ0n) is 16.5. The van der Waals surface area contributed by atoms with Crippen LogP contribution in [-0.4, -0.2) is 23.7 Å². The molecule has 1 unspecified atom stereocenters. The SMILES string of the molecule is CCCCCCCCCCCCCCCCC(O)C(=O)NCCC. The second kappa shape index (κ2) is 18.8. The largest absolute Gasteiger partial charge is 0.383 e. The normalized spacial score (nSPS) is 12.3. The molecule has 0 radical (unpaired) electrons. The maximum atomic E-state index is 11.5. The number of hydrogen-bond donors (Lipinski definition) is 2. The molecule has 0 aliphatic heterocycles. The van der Waals surface area contributed by atoms with Gasteiger partial charge in [-0.15, -0.1) is 0 Å². The van der Waals surface area contributed by atoms with Gasteiger partial charge in [0.1, 0.15) is 6.10 Å². The molecule has 2 N–H and O–H groups in total. The van der Waals surface area contributed by atoms with Crippen LogP contribution in [0, 0.1) is 0 Å². The topological polar surface area (TPSA) is 49.3 Å². The number of carbonyl (C=O) groups excluding carboxylic acids is 1. The molecule has 0 saturated carbocycles. The van der Waals surface area contributed by atoms with Gasteiger partial charge in [-0.05, 0) is 12.8 Å². The van der Waals surface area contributed by atoms with Crippen LogP contribution in [0.25, 0.3) is 0 Å². The highest BCUT2D eigenvalue weighted by atomic mass is 16.3. The van der Waals surface area contributed by atoms with Gasteiger partial charge in [0.25, 0.3) is 0 Å². The molecule has 144 valence electrons. The van der Waals surface area contributed by atoms with Gasteiger partial charge in [-0.3, -0.25) is 4.79 Å². The molecule has 0 spiro atoms. The Morgan fingerprint density at radius 1 is 0.708 bits per heavy atom. The highest BCUT2D eigenvalue weighted by Gasteiger charge is 2.12. The van der Waals surface area contributed by atoms with Crippen molar-refractivity contribution in [1.29, 1.82) is 0 Å². The molecule has 0 heterocycles. The van der Waals surface area contributed by atoms with Crippen LogP contribution >= 0.6 is 0 Å². The summed E-state index contributed by atoms with van der Waals surface area (Å²) in [6.45, 7) is 4.95. The van der Waals surface area contributed by atoms with Gasteiger partial charge in [-0.2, -0.15) is 0 Å². The summed E-state index contributed by atoms with van der Waals surface area (Å²) in [6.07, 6.45) is 19.3. The lowest BCUT2D eigenvalue weighted by Gasteiger charge is -2.10. The quantitative estimate of drug-likeness (QED) is 0.312. The minimum atomic E-state index is -0.811. The van der Waals surface area contributed by atoms with E-state index < -0.39 is 6.10 Å². The van der Waals surface area contributed by atoms with Crippen molar-refractivity contribution in [3.8, 4) is 0 Å². The Morgan fingerprint density at radius 2 is 1.12 bits per heavy atom. The average Bonchev–Trinajstić information content (AvgIpc) is 2.59. The molecular formula is C21H43NO2. The van der Waals surface area contributed by atoms with Crippen molar-refractivity contribution in [2.75, 3.05) is 6.54 Å². The molecule has 0 saturated heterocycles. The first kappa shape index (κ1) is 23.4. The summed E-state index contributed by atoms with van der Waals surface area (Å²) in [4.78, 5) is 11.5. The van der Waals surface area contributed by atoms with Crippen molar-refractivity contribution in [3.05, 3.63) is 0 Å². The third kappa shape index (κ3) is 16.3. The Bertz CT molecular complexity index is 269. The Balaban J connectivity index is 3.18. The molecular weight excluding hydrogens is 298 g/mol. The number of unbranched alkanes of at least 4 members (excludes halogenated alkanes) is 13. The number of aliphatic hydroxyl groups excluding tert-OH is 1. The third-order valence-electron chi connectivity index (χ3n) is 4.68. The maximum Gasteiger partial charge on any atom is 0.248 e. The second-order valence-corrected chi connectivity index (χ2v) is 7.19. The summed E-state index contributed by atoms with van der Waals surface area (Å²) < 4.78 is 0. The summed E-state index contributed by atoms with van der Waals surface area (Å²) in [5, 5.41) is 12.5. The van der Waals surface area contributed by atoms with Crippen molar-refractivity contribution in [3.63, 3.8) is 0 Å². The van der Waals surface area contributed by atoms with Gasteiger partial charge >= 0.3 is 0 Å². The molecule has 0 bridgehead atoms. The fourth-order valence-electron chi connectivity index (χ4n) is 3.03. The maximum absolute atomic E-state index is 11.5. The van der Waals surface area contributed by atoms with Gasteiger partial charge in [0, 0.05) is 6.54 Å². The smallest absolute Gasteiger partial charge is 0.248 e. The number of carbonyl (C=O) groups is 1. The predicted octanol–water partition coefficient (Wildman–Crippen LogP) is 5.74. The Hall–Kier alpha value is -0.570. The van der Waals surface area contributed by atoms with Gasteiger partial charge in [0.2, 0.25) is 5.91 Å². The van der Waals surface area contributed by atoms with E-state index in [4.69, 9.17) is 0 Å². The van der Waals surface area contributed by atoms with Crippen LogP contribution in [0.1, 0.15) is 117 Å². The van der Waals surface area contributed by atoms with Gasteiger partial charge in [-0.1, -0.05) is 104 Å². The van der Waals surface area contributed by atoms with Crippen LogP contribution in [0.3, 0.4) is 0 Å². The molecule has 0 aromatic heterocycles. The fourth-order valence-corrected chi connectivity index (χ4v) is 3.03. The molecule has 1 atom stereocenters. The predicted molar refractivity (Wildman–Crippen MR) is 104 cm³/mol. The monoisotopic (exact) mass is 341 g/mol. The highest BCUT2D eigenvalue weighted by molar-refractivity contribution is 5.80. The van der Waals surface area contributed by atoms with E-state index in [1.807, 2.05) is 6.92 Å². The lowest BCUT2D eigenvalue weighted by molar-refractivity contribution is -0.129. The molecule has 1 amide bonds. The third-order valence-corrected chi connectivity index (χ3v) is 4.68. The molecule has 0 aliphatic rings. The molecule has 24 heavy (non-hydrogen) atoms. The lowest BCUT2D eigenvalue weighted by atomic mass is 10.0. The van der Waals surface area contributed by atoms with E-state index in [0.29, 0.717) is 13.0 Å². The zero-order valence-corrected chi connectivity index (χ0v) is 16.5. The standard InChI is InChI=1S/C21H43NO2/c1-3-5-6-7-8-9-10-11-12-13-14-15-16-17-18-20(23)21(24)22-19-4-2/h20,23H,3-19H2,1-2H3,(H,22,24). The number of amides is 1. The van der Waals surface area contributed by atoms with Gasteiger partial charge in [0.15, 0.2) is 0 Å². The Kier molecular flexibility index (Phi) is 18.3. The number of hydrogen-bond acceptors (Lipinski definition) is 2. The molecule has 0 aromatic carbocycles. The first-order valence-electron chi connectivity index (χ1n) is 10.7. The molecule has 3 nitrogen and oxygen atoms in total. The van der Waals surface area contributed by atoms with E-state index in [-0.39, 0.29) is 5.91 Å². The molecule has 0 rings (SSSR count). The van der Waals surface area contributed by atoms with Gasteiger partial charge in [-0.25, -0.2) is 0 Å². The van der Waals surface area contributed by atoms with E-state index in [9.17, 15) is 9.90 Å². The first-order valence-corrected chi connectivity index (χ1v) is 10.7. The van der Waals surface area contributed by atoms with E-state index in [0.717, 1.165) is 19.3 Å². The van der Waals surface area contributed by atoms with E-state index >= 15 is 0 Å². The van der Waals surface area contributed by atoms with Gasteiger partial charge < -0.3 is 10.4 Å². The van der Waals surface area contributed by atoms with E-state index in [1.54, 1.807) is 0 Å². The first-order chi connectivity index (χ1) is 11.7. The van der Waals surface area contributed by atoms with Crippen LogP contribution in [-0.2, 0) is 4.79 Å². The van der Waals surface area contributed by atoms with Crippen LogP contribution in [0.4, 0.5) is 0 Å². The van der Waals surface area contributed by atoms with Crippen molar-refractivity contribution in [2.24, 2.45) is 0 Å². The van der Waals surface area contributed by atoms with Crippen LogP contribution in [0.5, 0.6) is 0 Å². The van der Waals surface area contributed by atoms with Crippen molar-refractivity contribution >= 4 is 5.91 Å². The number of aliphatic hydroxyl groups is 1. The molecule has 3 heteroatoms. The minimum Gasteiger partial charge on any atom is -0.383 e. The van der Waals surface area contributed by atoms with Crippen molar-refractivity contribution in [1.82, 2.24) is 5.32 Å². The molecule has 0 fully saturated rings. The number of nitrogens with one attached hydrogen (secondary N) is 1. The summed E-state index contributed by atoms with van der Waals surface area (Å²) in [5.41, 5.74) is 0. The average molecular weight is 342 g/mol. The summed E-state index contributed by atoms with van der Waals surface area (Å²) in [5.74, 6) is -0.202. The zero-order chi connectivity index (χ0) is 17.9. The molecule has 0 aromatic rings. The van der Waals surface area contributed by atoms with Crippen LogP contribution < -0.4 is 5.32 Å². The van der Waals surface area contributed by atoms with E-state index in [2.05, 4.69) is 12.2 Å². The van der Waals surface area contributed by atoms with Crippen LogP contribution in [0.2, 0.25) is 0 Å². The fraction of sp³-hybridized carbons (Fsp3) is 0.952.